The van der Waals surface area contributed by atoms with Gasteiger partial charge in [-0.2, -0.15) is 0 Å². The van der Waals surface area contributed by atoms with E-state index in [0.717, 1.165) is 22.3 Å². The number of rotatable bonds is 7. The van der Waals surface area contributed by atoms with Crippen molar-refractivity contribution in [3.8, 4) is 11.1 Å². The maximum Gasteiger partial charge on any atom is 0.407 e. The Morgan fingerprint density at radius 3 is 2.29 bits per heavy atom. The van der Waals surface area contributed by atoms with E-state index in [0.29, 0.717) is 5.56 Å². The molecule has 5 N–H and O–H groups in total. The Balaban J connectivity index is 1.37. The van der Waals surface area contributed by atoms with Gasteiger partial charge >= 0.3 is 6.09 Å². The minimum atomic E-state index is -1.53. The van der Waals surface area contributed by atoms with Crippen LogP contribution < -0.4 is 11.1 Å². The summed E-state index contributed by atoms with van der Waals surface area (Å²) in [6.07, 6.45) is -3.74. The van der Waals surface area contributed by atoms with Crippen LogP contribution in [0.4, 0.5) is 16.2 Å². The summed E-state index contributed by atoms with van der Waals surface area (Å²) in [6.45, 7) is 1.39. The molecule has 0 bridgehead atoms. The average molecular weight is 463 g/mol. The molecule has 4 rings (SSSR count). The van der Waals surface area contributed by atoms with Gasteiger partial charge in [-0.1, -0.05) is 54.6 Å². The second-order valence-corrected chi connectivity index (χ2v) is 8.26. The van der Waals surface area contributed by atoms with E-state index in [-0.39, 0.29) is 36.0 Å². The summed E-state index contributed by atoms with van der Waals surface area (Å²) >= 11 is 0. The molecule has 0 fully saturated rings. The number of aliphatic hydroxyl groups excluding tert-OH is 2. The summed E-state index contributed by atoms with van der Waals surface area (Å²) in [7, 11) is 0. The molecule has 0 saturated carbocycles. The highest BCUT2D eigenvalue weighted by Crippen LogP contribution is 2.44. The van der Waals surface area contributed by atoms with E-state index in [9.17, 15) is 25.1 Å². The largest absolute Gasteiger partial charge is 0.449 e. The topological polar surface area (TPSA) is 148 Å². The Labute approximate surface area is 196 Å². The maximum absolute atomic E-state index is 12.3. The number of hydrogen-bond donors (Lipinski definition) is 4. The van der Waals surface area contributed by atoms with Crippen molar-refractivity contribution in [3.63, 3.8) is 0 Å². The van der Waals surface area contributed by atoms with E-state index in [1.54, 1.807) is 6.92 Å². The SMILES string of the molecule is Cc1cc(C(O)C(O)CNC(=O)OCC2c3ccccc3-c3ccccc32)c(N)c([N+](=O)[O-])c1. The molecule has 9 nitrogen and oxygen atoms in total. The Kier molecular flexibility index (Phi) is 6.49. The highest BCUT2D eigenvalue weighted by Gasteiger charge is 2.30. The zero-order valence-corrected chi connectivity index (χ0v) is 18.5. The van der Waals surface area contributed by atoms with Gasteiger partial charge in [-0.15, -0.1) is 0 Å². The Hall–Kier alpha value is -3.95. The van der Waals surface area contributed by atoms with Gasteiger partial charge in [0.15, 0.2) is 0 Å². The number of nitrogens with two attached hydrogens (primary N) is 1. The number of benzene rings is 3. The fraction of sp³-hybridized carbons (Fsp3) is 0.240. The predicted octanol–water partition coefficient (Wildman–Crippen LogP) is 3.42. The molecule has 3 aromatic rings. The van der Waals surface area contributed by atoms with Crippen LogP contribution in [0.5, 0.6) is 0 Å². The number of carbonyl (C=O) groups excluding carboxylic acids is 1. The number of carbonyl (C=O) groups is 1. The number of aliphatic hydroxyl groups is 2. The smallest absolute Gasteiger partial charge is 0.407 e. The van der Waals surface area contributed by atoms with Gasteiger partial charge in [-0.05, 0) is 34.7 Å². The van der Waals surface area contributed by atoms with Crippen LogP contribution in [0.1, 0.15) is 34.3 Å². The zero-order valence-electron chi connectivity index (χ0n) is 18.5. The molecule has 1 aliphatic rings. The van der Waals surface area contributed by atoms with Gasteiger partial charge in [-0.3, -0.25) is 10.1 Å². The lowest BCUT2D eigenvalue weighted by atomic mass is 9.98. The number of amides is 1. The van der Waals surface area contributed by atoms with Crippen molar-refractivity contribution < 1.29 is 24.7 Å². The molecule has 0 spiro atoms. The van der Waals surface area contributed by atoms with Crippen LogP contribution in [-0.4, -0.2) is 40.5 Å². The van der Waals surface area contributed by atoms with Gasteiger partial charge in [0.05, 0.1) is 4.92 Å². The summed E-state index contributed by atoms with van der Waals surface area (Å²) < 4.78 is 5.41. The molecule has 0 heterocycles. The first-order valence-corrected chi connectivity index (χ1v) is 10.8. The molecule has 1 amide bonds. The van der Waals surface area contributed by atoms with Gasteiger partial charge in [-0.25, -0.2) is 4.79 Å². The first kappa shape index (κ1) is 23.2. The molecule has 1 aliphatic carbocycles. The third-order valence-corrected chi connectivity index (χ3v) is 6.01. The van der Waals surface area contributed by atoms with Crippen molar-refractivity contribution in [2.24, 2.45) is 0 Å². The molecule has 2 atom stereocenters. The van der Waals surface area contributed by atoms with Gasteiger partial charge < -0.3 is 26.0 Å². The van der Waals surface area contributed by atoms with Crippen molar-refractivity contribution in [2.45, 2.75) is 25.0 Å². The van der Waals surface area contributed by atoms with Crippen LogP contribution in [0.2, 0.25) is 0 Å². The second-order valence-electron chi connectivity index (χ2n) is 8.26. The molecular formula is C25H25N3O6. The average Bonchev–Trinajstić information content (AvgIpc) is 3.15. The quantitative estimate of drug-likeness (QED) is 0.238. The number of nitrogens with zero attached hydrogens (tertiary/aromatic N) is 1. The lowest BCUT2D eigenvalue weighted by Gasteiger charge is -2.21. The third-order valence-electron chi connectivity index (χ3n) is 6.01. The number of hydrogen-bond acceptors (Lipinski definition) is 7. The van der Waals surface area contributed by atoms with E-state index in [2.05, 4.69) is 5.32 Å². The third kappa shape index (κ3) is 4.43. The number of aryl methyl sites for hydroxylation is 1. The van der Waals surface area contributed by atoms with Gasteiger partial charge in [0.1, 0.15) is 24.5 Å². The normalized spacial score (nSPS) is 14.1. The molecule has 9 heteroatoms. The summed E-state index contributed by atoms with van der Waals surface area (Å²) in [6, 6.07) is 18.6. The van der Waals surface area contributed by atoms with Crippen LogP contribution in [0, 0.1) is 17.0 Å². The van der Waals surface area contributed by atoms with Crippen molar-refractivity contribution in [2.75, 3.05) is 18.9 Å². The minimum absolute atomic E-state index is 0.0218. The van der Waals surface area contributed by atoms with E-state index >= 15 is 0 Å². The number of alkyl carbamates (subject to hydrolysis) is 1. The molecule has 0 aromatic heterocycles. The Bertz CT molecular complexity index is 1200. The maximum atomic E-state index is 12.3. The molecular weight excluding hydrogens is 438 g/mol. The number of nitrogen functional groups attached to an aromatic ring is 1. The second kappa shape index (κ2) is 9.50. The summed E-state index contributed by atoms with van der Waals surface area (Å²) in [5, 5.41) is 34.5. The molecule has 176 valence electrons. The number of ether oxygens (including phenoxy) is 1. The fourth-order valence-electron chi connectivity index (χ4n) is 4.36. The molecule has 0 aliphatic heterocycles. The zero-order chi connectivity index (χ0) is 24.4. The molecule has 0 radical (unpaired) electrons. The van der Waals surface area contributed by atoms with Crippen LogP contribution >= 0.6 is 0 Å². The van der Waals surface area contributed by atoms with Crippen LogP contribution in [0.3, 0.4) is 0 Å². The fourth-order valence-corrected chi connectivity index (χ4v) is 4.36. The van der Waals surface area contributed by atoms with Gasteiger partial charge in [0.25, 0.3) is 5.69 Å². The highest BCUT2D eigenvalue weighted by atomic mass is 16.6. The number of fused-ring (bicyclic) bond motifs is 3. The first-order chi connectivity index (χ1) is 16.3. The van der Waals surface area contributed by atoms with Crippen molar-refractivity contribution in [3.05, 3.63) is 93.0 Å². The minimum Gasteiger partial charge on any atom is -0.449 e. The van der Waals surface area contributed by atoms with Crippen LogP contribution in [-0.2, 0) is 4.74 Å². The standard InChI is InChI=1S/C25H25N3O6/c1-14-10-19(23(26)21(11-14)28(32)33)24(30)22(29)12-27-25(31)34-13-20-17-8-4-2-6-15(17)16-7-3-5-9-18(16)20/h2-11,20,22,24,29-30H,12-13,26H2,1H3,(H,27,31). The van der Waals surface area contributed by atoms with Crippen molar-refractivity contribution in [1.29, 1.82) is 0 Å². The lowest BCUT2D eigenvalue weighted by Crippen LogP contribution is -2.36. The molecule has 2 unspecified atom stereocenters. The van der Waals surface area contributed by atoms with E-state index in [4.69, 9.17) is 10.5 Å². The monoisotopic (exact) mass is 463 g/mol. The summed E-state index contributed by atoms with van der Waals surface area (Å²) in [4.78, 5) is 22.8. The van der Waals surface area contributed by atoms with E-state index in [1.165, 1.54) is 12.1 Å². The highest BCUT2D eigenvalue weighted by molar-refractivity contribution is 5.79. The van der Waals surface area contributed by atoms with Crippen LogP contribution in [0.25, 0.3) is 11.1 Å². The van der Waals surface area contributed by atoms with Gasteiger partial charge in [0, 0.05) is 24.1 Å². The first-order valence-electron chi connectivity index (χ1n) is 10.8. The van der Waals surface area contributed by atoms with Crippen LogP contribution in [0.15, 0.2) is 60.7 Å². The molecule has 34 heavy (non-hydrogen) atoms. The van der Waals surface area contributed by atoms with Crippen molar-refractivity contribution in [1.82, 2.24) is 5.32 Å². The number of nitro groups is 1. The summed E-state index contributed by atoms with van der Waals surface area (Å²) in [5.74, 6) is -0.110. The Morgan fingerprint density at radius 2 is 1.71 bits per heavy atom. The number of anilines is 1. The predicted molar refractivity (Wildman–Crippen MR) is 126 cm³/mol. The summed E-state index contributed by atoms with van der Waals surface area (Å²) in [5.41, 5.74) is 10.1. The van der Waals surface area contributed by atoms with E-state index in [1.807, 2.05) is 48.5 Å². The van der Waals surface area contributed by atoms with Gasteiger partial charge in [0.2, 0.25) is 0 Å². The molecule has 3 aromatic carbocycles. The lowest BCUT2D eigenvalue weighted by molar-refractivity contribution is -0.384. The molecule has 0 saturated heterocycles. The Morgan fingerprint density at radius 1 is 1.12 bits per heavy atom. The van der Waals surface area contributed by atoms with E-state index < -0.39 is 23.2 Å². The van der Waals surface area contributed by atoms with Crippen molar-refractivity contribution >= 4 is 17.5 Å². The number of nitrogens with one attached hydrogen (secondary N) is 1. The number of nitro benzene ring substituents is 1.